The fraction of sp³-hybridized carbons (Fsp3) is 0.353. The fourth-order valence-corrected chi connectivity index (χ4v) is 2.06. The van der Waals surface area contributed by atoms with Crippen LogP contribution in [0.5, 0.6) is 0 Å². The van der Waals surface area contributed by atoms with Crippen molar-refractivity contribution in [3.8, 4) is 0 Å². The number of aromatic nitrogens is 2. The number of nitrogens with zero attached hydrogens (tertiary/aromatic N) is 3. The largest absolute Gasteiger partial charge is 0.373 e. The standard InChI is InChI=1S/C17H22N4O/c1-13(2)20-17(22)16-5-4-15(12-19-16)21(3)11-8-14-6-9-18-10-7-14/h4-7,9-10,12-13H,8,11H2,1-3H3,(H,20,22). The molecule has 2 aromatic rings. The average Bonchev–Trinajstić information content (AvgIpc) is 2.53. The minimum Gasteiger partial charge on any atom is -0.373 e. The Bertz CT molecular complexity index is 596. The summed E-state index contributed by atoms with van der Waals surface area (Å²) >= 11 is 0. The van der Waals surface area contributed by atoms with E-state index in [1.54, 1.807) is 24.7 Å². The number of rotatable bonds is 6. The van der Waals surface area contributed by atoms with Gasteiger partial charge in [-0.05, 0) is 50.1 Å². The van der Waals surface area contributed by atoms with Crippen molar-refractivity contribution in [1.82, 2.24) is 15.3 Å². The van der Waals surface area contributed by atoms with Gasteiger partial charge in [0, 0.05) is 32.0 Å². The number of likely N-dealkylation sites (N-methyl/N-ethyl adjacent to an activating group) is 1. The molecule has 116 valence electrons. The number of anilines is 1. The van der Waals surface area contributed by atoms with Crippen LogP contribution >= 0.6 is 0 Å². The molecule has 22 heavy (non-hydrogen) atoms. The molecule has 5 nitrogen and oxygen atoms in total. The Morgan fingerprint density at radius 1 is 1.23 bits per heavy atom. The van der Waals surface area contributed by atoms with Crippen molar-refractivity contribution in [1.29, 1.82) is 0 Å². The summed E-state index contributed by atoms with van der Waals surface area (Å²) in [7, 11) is 2.02. The van der Waals surface area contributed by atoms with Crippen molar-refractivity contribution >= 4 is 11.6 Å². The van der Waals surface area contributed by atoms with Gasteiger partial charge in [-0.15, -0.1) is 0 Å². The molecule has 0 saturated carbocycles. The molecule has 2 rings (SSSR count). The Labute approximate surface area is 131 Å². The number of hydrogen-bond acceptors (Lipinski definition) is 4. The molecule has 1 amide bonds. The quantitative estimate of drug-likeness (QED) is 0.889. The Morgan fingerprint density at radius 2 is 1.95 bits per heavy atom. The summed E-state index contributed by atoms with van der Waals surface area (Å²) < 4.78 is 0. The number of amides is 1. The normalized spacial score (nSPS) is 10.5. The SMILES string of the molecule is CC(C)NC(=O)c1ccc(N(C)CCc2ccncc2)cn1. The minimum atomic E-state index is -0.138. The average molecular weight is 298 g/mol. The first-order valence-electron chi connectivity index (χ1n) is 7.43. The Balaban J connectivity index is 1.93. The van der Waals surface area contributed by atoms with Crippen LogP contribution in [0.2, 0.25) is 0 Å². The van der Waals surface area contributed by atoms with Crippen molar-refractivity contribution in [2.24, 2.45) is 0 Å². The molecule has 2 aromatic heterocycles. The third-order valence-electron chi connectivity index (χ3n) is 3.33. The Morgan fingerprint density at radius 3 is 2.55 bits per heavy atom. The van der Waals surface area contributed by atoms with Gasteiger partial charge in [-0.3, -0.25) is 9.78 Å². The summed E-state index contributed by atoms with van der Waals surface area (Å²) in [4.78, 5) is 22.2. The van der Waals surface area contributed by atoms with Gasteiger partial charge in [0.15, 0.2) is 0 Å². The van der Waals surface area contributed by atoms with E-state index in [2.05, 4.69) is 20.2 Å². The molecule has 0 saturated heterocycles. The molecule has 0 atom stereocenters. The van der Waals surface area contributed by atoms with Crippen molar-refractivity contribution < 1.29 is 4.79 Å². The lowest BCUT2D eigenvalue weighted by atomic mass is 10.2. The Kier molecular flexibility index (Phi) is 5.47. The van der Waals surface area contributed by atoms with Crippen molar-refractivity contribution in [3.05, 3.63) is 54.1 Å². The van der Waals surface area contributed by atoms with E-state index in [0.29, 0.717) is 5.69 Å². The second-order valence-corrected chi connectivity index (χ2v) is 5.56. The van der Waals surface area contributed by atoms with E-state index in [1.165, 1.54) is 5.56 Å². The smallest absolute Gasteiger partial charge is 0.270 e. The summed E-state index contributed by atoms with van der Waals surface area (Å²) in [6, 6.07) is 7.83. The van der Waals surface area contributed by atoms with Gasteiger partial charge in [0.1, 0.15) is 5.69 Å². The third kappa shape index (κ3) is 4.55. The van der Waals surface area contributed by atoms with Gasteiger partial charge in [-0.2, -0.15) is 0 Å². The molecule has 1 N–H and O–H groups in total. The van der Waals surface area contributed by atoms with Crippen LogP contribution in [0, 0.1) is 0 Å². The zero-order chi connectivity index (χ0) is 15.9. The summed E-state index contributed by atoms with van der Waals surface area (Å²) in [5, 5.41) is 2.83. The van der Waals surface area contributed by atoms with E-state index < -0.39 is 0 Å². The molecule has 2 heterocycles. The van der Waals surface area contributed by atoms with Crippen LogP contribution in [0.3, 0.4) is 0 Å². The van der Waals surface area contributed by atoms with Gasteiger partial charge >= 0.3 is 0 Å². The molecule has 0 aliphatic carbocycles. The predicted molar refractivity (Wildman–Crippen MR) is 88.1 cm³/mol. The van der Waals surface area contributed by atoms with Crippen LogP contribution in [0.25, 0.3) is 0 Å². The van der Waals surface area contributed by atoms with Crippen LogP contribution in [-0.2, 0) is 6.42 Å². The van der Waals surface area contributed by atoms with Crippen LogP contribution in [0.4, 0.5) is 5.69 Å². The molecule has 0 aliphatic rings. The van der Waals surface area contributed by atoms with Crippen LogP contribution < -0.4 is 10.2 Å². The fourth-order valence-electron chi connectivity index (χ4n) is 2.06. The van der Waals surface area contributed by atoms with Gasteiger partial charge in [0.05, 0.1) is 11.9 Å². The van der Waals surface area contributed by atoms with E-state index in [-0.39, 0.29) is 11.9 Å². The first kappa shape index (κ1) is 15.9. The van der Waals surface area contributed by atoms with Crippen molar-refractivity contribution in [2.45, 2.75) is 26.3 Å². The van der Waals surface area contributed by atoms with Crippen LogP contribution in [-0.4, -0.2) is 35.5 Å². The van der Waals surface area contributed by atoms with Gasteiger partial charge < -0.3 is 10.2 Å². The number of nitrogens with one attached hydrogen (secondary N) is 1. The van der Waals surface area contributed by atoms with E-state index >= 15 is 0 Å². The van der Waals surface area contributed by atoms with Gasteiger partial charge in [0.25, 0.3) is 5.91 Å². The zero-order valence-electron chi connectivity index (χ0n) is 13.3. The monoisotopic (exact) mass is 298 g/mol. The lowest BCUT2D eigenvalue weighted by Crippen LogP contribution is -2.30. The predicted octanol–water partition coefficient (Wildman–Crippen LogP) is 2.29. The van der Waals surface area contributed by atoms with Gasteiger partial charge in [-0.1, -0.05) is 0 Å². The maximum atomic E-state index is 11.9. The lowest BCUT2D eigenvalue weighted by molar-refractivity contribution is 0.0938. The van der Waals surface area contributed by atoms with Crippen molar-refractivity contribution in [3.63, 3.8) is 0 Å². The molecule has 5 heteroatoms. The number of carbonyl (C=O) groups excluding carboxylic acids is 1. The highest BCUT2D eigenvalue weighted by atomic mass is 16.1. The zero-order valence-corrected chi connectivity index (χ0v) is 13.3. The first-order valence-corrected chi connectivity index (χ1v) is 7.43. The second-order valence-electron chi connectivity index (χ2n) is 5.56. The van der Waals surface area contributed by atoms with E-state index in [9.17, 15) is 4.79 Å². The molecular formula is C17H22N4O. The Hall–Kier alpha value is -2.43. The molecule has 0 unspecified atom stereocenters. The van der Waals surface area contributed by atoms with Gasteiger partial charge in [0.2, 0.25) is 0 Å². The maximum Gasteiger partial charge on any atom is 0.270 e. The second kappa shape index (κ2) is 7.54. The number of hydrogen-bond donors (Lipinski definition) is 1. The highest BCUT2D eigenvalue weighted by Crippen LogP contribution is 2.12. The van der Waals surface area contributed by atoms with E-state index in [4.69, 9.17) is 0 Å². The van der Waals surface area contributed by atoms with E-state index in [0.717, 1.165) is 18.7 Å². The molecular weight excluding hydrogens is 276 g/mol. The highest BCUT2D eigenvalue weighted by Gasteiger charge is 2.09. The molecule has 0 fully saturated rings. The summed E-state index contributed by atoms with van der Waals surface area (Å²) in [5.74, 6) is -0.138. The first-order chi connectivity index (χ1) is 10.6. The minimum absolute atomic E-state index is 0.108. The summed E-state index contributed by atoms with van der Waals surface area (Å²) in [6.07, 6.45) is 6.29. The van der Waals surface area contributed by atoms with Crippen LogP contribution in [0.15, 0.2) is 42.9 Å². The topological polar surface area (TPSA) is 58.1 Å². The van der Waals surface area contributed by atoms with Gasteiger partial charge in [-0.25, -0.2) is 4.98 Å². The third-order valence-corrected chi connectivity index (χ3v) is 3.33. The molecule has 0 radical (unpaired) electrons. The molecule has 0 aliphatic heterocycles. The molecule has 0 bridgehead atoms. The summed E-state index contributed by atoms with van der Waals surface area (Å²) in [6.45, 7) is 4.74. The molecule has 0 spiro atoms. The van der Waals surface area contributed by atoms with E-state index in [1.807, 2.05) is 39.1 Å². The van der Waals surface area contributed by atoms with Crippen LogP contribution in [0.1, 0.15) is 29.9 Å². The highest BCUT2D eigenvalue weighted by molar-refractivity contribution is 5.92. The number of carbonyl (C=O) groups is 1. The van der Waals surface area contributed by atoms with Crippen molar-refractivity contribution in [2.75, 3.05) is 18.5 Å². The summed E-state index contributed by atoms with van der Waals surface area (Å²) in [5.41, 5.74) is 2.69. The molecule has 0 aromatic carbocycles. The lowest BCUT2D eigenvalue weighted by Gasteiger charge is -2.19. The maximum absolute atomic E-state index is 11.9. The number of pyridine rings is 2.